The normalized spacial score (nSPS) is 11.3. The van der Waals surface area contributed by atoms with E-state index in [9.17, 15) is 13.2 Å². The van der Waals surface area contributed by atoms with Gasteiger partial charge >= 0.3 is 0 Å². The van der Waals surface area contributed by atoms with E-state index < -0.39 is 10.0 Å². The molecule has 0 fully saturated rings. The molecule has 8 heteroatoms. The molecule has 2 N–H and O–H groups in total. The summed E-state index contributed by atoms with van der Waals surface area (Å²) in [7, 11) is -3.26. The zero-order valence-electron chi connectivity index (χ0n) is 12.2. The number of sulfonamides is 1. The molecule has 118 valence electrons. The summed E-state index contributed by atoms with van der Waals surface area (Å²) in [6.45, 7) is 0.477. The highest BCUT2D eigenvalue weighted by molar-refractivity contribution is 7.88. The molecule has 1 aromatic carbocycles. The fraction of sp³-hybridized carbons (Fsp3) is 0.286. The van der Waals surface area contributed by atoms with E-state index in [-0.39, 0.29) is 18.9 Å². The number of rotatable bonds is 7. The molecule has 0 radical (unpaired) electrons. The van der Waals surface area contributed by atoms with Gasteiger partial charge in [-0.25, -0.2) is 17.8 Å². The molecule has 2 rings (SSSR count). The Balaban J connectivity index is 1.84. The van der Waals surface area contributed by atoms with E-state index in [0.29, 0.717) is 6.54 Å². The van der Waals surface area contributed by atoms with Crippen LogP contribution in [0.2, 0.25) is 0 Å². The van der Waals surface area contributed by atoms with Crippen molar-refractivity contribution in [3.8, 4) is 5.69 Å². The van der Waals surface area contributed by atoms with Crippen molar-refractivity contribution in [2.45, 2.75) is 13.0 Å². The number of nitrogens with zero attached hydrogens (tertiary/aromatic N) is 2. The van der Waals surface area contributed by atoms with Crippen molar-refractivity contribution in [3.63, 3.8) is 0 Å². The predicted molar refractivity (Wildman–Crippen MR) is 82.9 cm³/mol. The highest BCUT2D eigenvalue weighted by Crippen LogP contribution is 2.09. The molecule has 0 atom stereocenters. The maximum atomic E-state index is 11.7. The van der Waals surface area contributed by atoms with Gasteiger partial charge in [0, 0.05) is 31.9 Å². The minimum Gasteiger partial charge on any atom is -0.352 e. The molecule has 1 amide bonds. The number of benzene rings is 1. The summed E-state index contributed by atoms with van der Waals surface area (Å²) in [5.74, 6) is -0.208. The Morgan fingerprint density at radius 1 is 1.32 bits per heavy atom. The molecule has 0 aliphatic heterocycles. The Bertz CT molecular complexity index is 726. The van der Waals surface area contributed by atoms with E-state index in [1.807, 2.05) is 36.5 Å². The van der Waals surface area contributed by atoms with Gasteiger partial charge in [0.1, 0.15) is 0 Å². The molecular weight excluding hydrogens is 304 g/mol. The number of hydrogen-bond donors (Lipinski definition) is 2. The number of hydrogen-bond acceptors (Lipinski definition) is 4. The SMILES string of the molecule is CS(=O)(=O)NCCC(=O)NCc1cccc(-n2cccn2)c1. The summed E-state index contributed by atoms with van der Waals surface area (Å²) in [6.07, 6.45) is 4.70. The summed E-state index contributed by atoms with van der Waals surface area (Å²) in [4.78, 5) is 11.7. The Morgan fingerprint density at radius 3 is 2.82 bits per heavy atom. The van der Waals surface area contributed by atoms with Gasteiger partial charge < -0.3 is 5.32 Å². The average molecular weight is 322 g/mol. The summed E-state index contributed by atoms with van der Waals surface area (Å²) >= 11 is 0. The summed E-state index contributed by atoms with van der Waals surface area (Å²) in [6, 6.07) is 9.49. The van der Waals surface area contributed by atoms with Gasteiger partial charge in [0.25, 0.3) is 0 Å². The number of carbonyl (C=O) groups excluding carboxylic acids is 1. The lowest BCUT2D eigenvalue weighted by Gasteiger charge is -2.08. The zero-order chi connectivity index (χ0) is 16.0. The lowest BCUT2D eigenvalue weighted by Crippen LogP contribution is -2.29. The van der Waals surface area contributed by atoms with Gasteiger partial charge in [0.15, 0.2) is 0 Å². The second-order valence-electron chi connectivity index (χ2n) is 4.81. The fourth-order valence-electron chi connectivity index (χ4n) is 1.87. The van der Waals surface area contributed by atoms with Crippen molar-refractivity contribution in [1.29, 1.82) is 0 Å². The quantitative estimate of drug-likeness (QED) is 0.773. The van der Waals surface area contributed by atoms with Crippen molar-refractivity contribution in [2.75, 3.05) is 12.8 Å². The van der Waals surface area contributed by atoms with Crippen LogP contribution in [0.15, 0.2) is 42.7 Å². The number of carbonyl (C=O) groups is 1. The van der Waals surface area contributed by atoms with Crippen molar-refractivity contribution in [3.05, 3.63) is 48.3 Å². The van der Waals surface area contributed by atoms with Crippen LogP contribution in [-0.4, -0.2) is 36.9 Å². The molecule has 0 aliphatic rings. The Morgan fingerprint density at radius 2 is 2.14 bits per heavy atom. The van der Waals surface area contributed by atoms with Crippen molar-refractivity contribution in [1.82, 2.24) is 19.8 Å². The minimum absolute atomic E-state index is 0.0952. The first-order valence-electron chi connectivity index (χ1n) is 6.74. The second-order valence-corrected chi connectivity index (χ2v) is 6.65. The first-order chi connectivity index (χ1) is 10.4. The van der Waals surface area contributed by atoms with Gasteiger partial charge in [-0.15, -0.1) is 0 Å². The van der Waals surface area contributed by atoms with E-state index >= 15 is 0 Å². The van der Waals surface area contributed by atoms with Crippen LogP contribution < -0.4 is 10.0 Å². The molecule has 7 nitrogen and oxygen atoms in total. The van der Waals surface area contributed by atoms with Gasteiger partial charge in [-0.05, 0) is 23.8 Å². The molecule has 22 heavy (non-hydrogen) atoms. The highest BCUT2D eigenvalue weighted by Gasteiger charge is 2.05. The molecule has 2 aromatic rings. The molecule has 0 spiro atoms. The lowest BCUT2D eigenvalue weighted by molar-refractivity contribution is -0.121. The maximum Gasteiger partial charge on any atom is 0.221 e. The zero-order valence-corrected chi connectivity index (χ0v) is 13.0. The van der Waals surface area contributed by atoms with Crippen LogP contribution in [0.3, 0.4) is 0 Å². The monoisotopic (exact) mass is 322 g/mol. The minimum atomic E-state index is -3.26. The lowest BCUT2D eigenvalue weighted by atomic mass is 10.2. The average Bonchev–Trinajstić information content (AvgIpc) is 2.98. The van der Waals surface area contributed by atoms with Crippen molar-refractivity contribution < 1.29 is 13.2 Å². The van der Waals surface area contributed by atoms with E-state index in [1.165, 1.54) is 0 Å². The van der Waals surface area contributed by atoms with Crippen LogP contribution in [-0.2, 0) is 21.4 Å². The molecular formula is C14H18N4O3S. The van der Waals surface area contributed by atoms with Crippen LogP contribution in [0.5, 0.6) is 0 Å². The van der Waals surface area contributed by atoms with Gasteiger partial charge in [-0.2, -0.15) is 5.10 Å². The third kappa shape index (κ3) is 5.30. The van der Waals surface area contributed by atoms with E-state index in [4.69, 9.17) is 0 Å². The van der Waals surface area contributed by atoms with Crippen LogP contribution in [0.1, 0.15) is 12.0 Å². The van der Waals surface area contributed by atoms with E-state index in [2.05, 4.69) is 15.1 Å². The number of amides is 1. The molecule has 0 bridgehead atoms. The number of aromatic nitrogens is 2. The smallest absolute Gasteiger partial charge is 0.221 e. The van der Waals surface area contributed by atoms with Crippen molar-refractivity contribution >= 4 is 15.9 Å². The van der Waals surface area contributed by atoms with E-state index in [1.54, 1.807) is 10.9 Å². The summed E-state index contributed by atoms with van der Waals surface area (Å²) in [5, 5.41) is 6.90. The predicted octanol–water partition coefficient (Wildman–Crippen LogP) is 0.428. The standard InChI is InChI=1S/C14H18N4O3S/c1-22(20,21)17-8-6-14(19)15-11-12-4-2-5-13(10-12)18-9-3-7-16-18/h2-5,7,9-10,17H,6,8,11H2,1H3,(H,15,19). The van der Waals surface area contributed by atoms with Crippen LogP contribution in [0.25, 0.3) is 5.69 Å². The summed E-state index contributed by atoms with van der Waals surface area (Å²) in [5.41, 5.74) is 1.85. The van der Waals surface area contributed by atoms with Crippen LogP contribution in [0, 0.1) is 0 Å². The highest BCUT2D eigenvalue weighted by atomic mass is 32.2. The Hall–Kier alpha value is -2.19. The molecule has 0 aliphatic carbocycles. The Labute approximate surface area is 129 Å². The Kier molecular flexibility index (Phi) is 5.29. The molecule has 0 saturated carbocycles. The third-order valence-corrected chi connectivity index (χ3v) is 3.61. The largest absolute Gasteiger partial charge is 0.352 e. The third-order valence-electron chi connectivity index (χ3n) is 2.89. The van der Waals surface area contributed by atoms with Crippen molar-refractivity contribution in [2.24, 2.45) is 0 Å². The van der Waals surface area contributed by atoms with Crippen LogP contribution >= 0.6 is 0 Å². The molecule has 0 unspecified atom stereocenters. The summed E-state index contributed by atoms with van der Waals surface area (Å²) < 4.78 is 25.8. The molecule has 0 saturated heterocycles. The van der Waals surface area contributed by atoms with E-state index in [0.717, 1.165) is 17.5 Å². The van der Waals surface area contributed by atoms with Gasteiger partial charge in [0.05, 0.1) is 11.9 Å². The number of nitrogens with one attached hydrogen (secondary N) is 2. The van der Waals surface area contributed by atoms with Gasteiger partial charge in [-0.3, -0.25) is 4.79 Å². The van der Waals surface area contributed by atoms with Crippen LogP contribution in [0.4, 0.5) is 0 Å². The first-order valence-corrected chi connectivity index (χ1v) is 8.63. The maximum absolute atomic E-state index is 11.7. The topological polar surface area (TPSA) is 93.1 Å². The fourth-order valence-corrected chi connectivity index (χ4v) is 2.34. The van der Waals surface area contributed by atoms with Gasteiger partial charge in [0.2, 0.25) is 15.9 Å². The molecule has 1 heterocycles. The first kappa shape index (κ1) is 16.2. The second kappa shape index (κ2) is 7.19. The van der Waals surface area contributed by atoms with Gasteiger partial charge in [-0.1, -0.05) is 12.1 Å². The molecule has 1 aromatic heterocycles.